The molecule has 0 atom stereocenters. The van der Waals surface area contributed by atoms with Crippen molar-refractivity contribution in [3.8, 4) is 0 Å². The first-order valence-corrected chi connectivity index (χ1v) is 10.6. The summed E-state index contributed by atoms with van der Waals surface area (Å²) < 4.78 is 31.3. The maximum absolute atomic E-state index is 11.8. The largest absolute Gasteiger partial charge is 0.379 e. The van der Waals surface area contributed by atoms with Crippen LogP contribution < -0.4 is 15.4 Å². The smallest absolute Gasteiger partial charge is 0.240 e. The number of morpholine rings is 1. The number of aliphatic imine (C=N–C) groups is 1. The summed E-state index contributed by atoms with van der Waals surface area (Å²) >= 11 is 0. The normalized spacial score (nSPS) is 16.4. The van der Waals surface area contributed by atoms with Gasteiger partial charge < -0.3 is 15.4 Å². The molecule has 0 radical (unpaired) electrons. The van der Waals surface area contributed by atoms with Crippen molar-refractivity contribution in [3.63, 3.8) is 0 Å². The SMILES string of the molecule is CN=C(NCc1ccc(S(=O)(=O)NC)cc1)NCC(C)(C)N1CCOCC1.I. The van der Waals surface area contributed by atoms with Crippen LogP contribution in [0, 0.1) is 0 Å². The molecule has 1 aliphatic rings. The predicted octanol–water partition coefficient (Wildman–Crippen LogP) is 0.988. The standard InChI is InChI=1S/C18H31N5O3S.HI/c1-18(2,23-9-11-26-12-10-23)14-22-17(19-3)21-13-15-5-7-16(8-6-15)27(24,25)20-4;/h5-8,20H,9-14H2,1-4H3,(H2,19,21,22);1H. The molecule has 8 nitrogen and oxygen atoms in total. The molecular formula is C18H32IN5O3S. The zero-order valence-electron chi connectivity index (χ0n) is 17.0. The van der Waals surface area contributed by atoms with Crippen LogP contribution in [0.15, 0.2) is 34.2 Å². The first-order chi connectivity index (χ1) is 12.8. The molecule has 3 N–H and O–H groups in total. The maximum atomic E-state index is 11.8. The minimum absolute atomic E-state index is 0. The fourth-order valence-corrected chi connectivity index (χ4v) is 3.62. The van der Waals surface area contributed by atoms with E-state index in [1.165, 1.54) is 7.05 Å². The van der Waals surface area contributed by atoms with Crippen molar-refractivity contribution in [2.75, 3.05) is 46.9 Å². The van der Waals surface area contributed by atoms with Crippen LogP contribution in [0.25, 0.3) is 0 Å². The van der Waals surface area contributed by atoms with Gasteiger partial charge in [-0.05, 0) is 38.6 Å². The van der Waals surface area contributed by atoms with Crippen LogP contribution in [0.3, 0.4) is 0 Å². The lowest BCUT2D eigenvalue weighted by Gasteiger charge is -2.41. The highest BCUT2D eigenvalue weighted by Gasteiger charge is 2.28. The number of halogens is 1. The second-order valence-electron chi connectivity index (χ2n) is 7.04. The zero-order chi connectivity index (χ0) is 19.9. The van der Waals surface area contributed by atoms with Crippen molar-refractivity contribution in [2.45, 2.75) is 30.8 Å². The number of hydrogen-bond acceptors (Lipinski definition) is 5. The fraction of sp³-hybridized carbons (Fsp3) is 0.611. The summed E-state index contributed by atoms with van der Waals surface area (Å²) in [7, 11) is -0.269. The number of guanidine groups is 1. The number of ether oxygens (including phenoxy) is 1. The number of sulfonamides is 1. The number of benzene rings is 1. The molecule has 1 aromatic carbocycles. The average molecular weight is 525 g/mol. The molecule has 0 bridgehead atoms. The van der Waals surface area contributed by atoms with Gasteiger partial charge in [0.05, 0.1) is 18.1 Å². The Hall–Kier alpha value is -0.950. The van der Waals surface area contributed by atoms with Crippen molar-refractivity contribution < 1.29 is 13.2 Å². The Morgan fingerprint density at radius 1 is 1.18 bits per heavy atom. The quantitative estimate of drug-likeness (QED) is 0.279. The van der Waals surface area contributed by atoms with E-state index in [2.05, 4.69) is 39.1 Å². The molecule has 1 fully saturated rings. The fourth-order valence-electron chi connectivity index (χ4n) is 2.89. The molecule has 0 unspecified atom stereocenters. The van der Waals surface area contributed by atoms with Gasteiger partial charge in [-0.1, -0.05) is 12.1 Å². The summed E-state index contributed by atoms with van der Waals surface area (Å²) in [6, 6.07) is 6.78. The molecule has 2 rings (SSSR count). The monoisotopic (exact) mass is 525 g/mol. The molecule has 0 aliphatic carbocycles. The zero-order valence-corrected chi connectivity index (χ0v) is 20.1. The molecule has 1 saturated heterocycles. The number of nitrogens with zero attached hydrogens (tertiary/aromatic N) is 2. The van der Waals surface area contributed by atoms with E-state index in [4.69, 9.17) is 4.74 Å². The highest BCUT2D eigenvalue weighted by molar-refractivity contribution is 14.0. The van der Waals surface area contributed by atoms with Gasteiger partial charge >= 0.3 is 0 Å². The molecule has 1 aromatic rings. The second kappa shape index (κ2) is 11.3. The Bertz CT molecular complexity index is 732. The van der Waals surface area contributed by atoms with Crippen LogP contribution >= 0.6 is 24.0 Å². The van der Waals surface area contributed by atoms with Crippen molar-refractivity contribution in [1.82, 2.24) is 20.3 Å². The molecule has 0 saturated carbocycles. The summed E-state index contributed by atoms with van der Waals surface area (Å²) in [5.41, 5.74) is 0.963. The van der Waals surface area contributed by atoms with Crippen LogP contribution in [0.4, 0.5) is 0 Å². The van der Waals surface area contributed by atoms with Gasteiger partial charge in [0, 0.05) is 38.8 Å². The van der Waals surface area contributed by atoms with E-state index in [9.17, 15) is 8.42 Å². The van der Waals surface area contributed by atoms with Crippen molar-refractivity contribution in [3.05, 3.63) is 29.8 Å². The van der Waals surface area contributed by atoms with Gasteiger partial charge in [0.2, 0.25) is 10.0 Å². The van der Waals surface area contributed by atoms with Gasteiger partial charge in [-0.25, -0.2) is 13.1 Å². The molecule has 1 heterocycles. The topological polar surface area (TPSA) is 95.1 Å². The summed E-state index contributed by atoms with van der Waals surface area (Å²) in [5, 5.41) is 6.64. The van der Waals surface area contributed by atoms with E-state index in [1.54, 1.807) is 31.3 Å². The van der Waals surface area contributed by atoms with Gasteiger partial charge in [0.15, 0.2) is 5.96 Å². The number of rotatable bonds is 7. The van der Waals surface area contributed by atoms with Gasteiger partial charge in [0.1, 0.15) is 0 Å². The molecule has 10 heteroatoms. The lowest BCUT2D eigenvalue weighted by atomic mass is 10.0. The third-order valence-corrected chi connectivity index (χ3v) is 6.17. The predicted molar refractivity (Wildman–Crippen MR) is 123 cm³/mol. The minimum atomic E-state index is -3.41. The maximum Gasteiger partial charge on any atom is 0.240 e. The lowest BCUT2D eigenvalue weighted by molar-refractivity contribution is -0.00834. The van der Waals surface area contributed by atoms with E-state index in [0.717, 1.165) is 38.4 Å². The highest BCUT2D eigenvalue weighted by atomic mass is 127. The Balaban J connectivity index is 0.00000392. The van der Waals surface area contributed by atoms with E-state index >= 15 is 0 Å². The Kier molecular flexibility index (Phi) is 10.1. The highest BCUT2D eigenvalue weighted by Crippen LogP contribution is 2.15. The van der Waals surface area contributed by atoms with Gasteiger partial charge in [0.25, 0.3) is 0 Å². The van der Waals surface area contributed by atoms with Crippen LogP contribution in [0.1, 0.15) is 19.4 Å². The Morgan fingerprint density at radius 2 is 1.79 bits per heavy atom. The molecule has 1 aliphatic heterocycles. The molecule has 160 valence electrons. The third-order valence-electron chi connectivity index (χ3n) is 4.74. The van der Waals surface area contributed by atoms with Gasteiger partial charge in [-0.2, -0.15) is 0 Å². The summed E-state index contributed by atoms with van der Waals surface area (Å²) in [4.78, 5) is 6.93. The third kappa shape index (κ3) is 7.14. The lowest BCUT2D eigenvalue weighted by Crippen LogP contribution is -2.56. The molecule has 0 spiro atoms. The van der Waals surface area contributed by atoms with Crippen LogP contribution in [-0.2, 0) is 21.3 Å². The van der Waals surface area contributed by atoms with Gasteiger partial charge in [-0.15, -0.1) is 24.0 Å². The average Bonchev–Trinajstić information content (AvgIpc) is 2.69. The Labute approximate surface area is 185 Å². The number of hydrogen-bond donors (Lipinski definition) is 3. The van der Waals surface area contributed by atoms with Crippen molar-refractivity contribution in [2.24, 2.45) is 4.99 Å². The van der Waals surface area contributed by atoms with E-state index in [1.807, 2.05) is 0 Å². The van der Waals surface area contributed by atoms with Crippen molar-refractivity contribution in [1.29, 1.82) is 0 Å². The summed E-state index contributed by atoms with van der Waals surface area (Å²) in [6.45, 7) is 9.14. The van der Waals surface area contributed by atoms with Crippen LogP contribution in [0.5, 0.6) is 0 Å². The molecule has 0 amide bonds. The number of nitrogens with one attached hydrogen (secondary N) is 3. The summed E-state index contributed by atoms with van der Waals surface area (Å²) in [5.74, 6) is 0.711. The first-order valence-electron chi connectivity index (χ1n) is 9.08. The van der Waals surface area contributed by atoms with Crippen LogP contribution in [-0.4, -0.2) is 71.8 Å². The van der Waals surface area contributed by atoms with Crippen LogP contribution in [0.2, 0.25) is 0 Å². The molecule has 28 heavy (non-hydrogen) atoms. The minimum Gasteiger partial charge on any atom is -0.379 e. The van der Waals surface area contributed by atoms with Crippen molar-refractivity contribution >= 4 is 40.0 Å². The van der Waals surface area contributed by atoms with E-state index in [0.29, 0.717) is 12.5 Å². The van der Waals surface area contributed by atoms with E-state index in [-0.39, 0.29) is 34.4 Å². The molecule has 0 aromatic heterocycles. The van der Waals surface area contributed by atoms with Gasteiger partial charge in [-0.3, -0.25) is 9.89 Å². The Morgan fingerprint density at radius 3 is 2.32 bits per heavy atom. The summed E-state index contributed by atoms with van der Waals surface area (Å²) in [6.07, 6.45) is 0. The van der Waals surface area contributed by atoms with E-state index < -0.39 is 10.0 Å². The first kappa shape index (κ1) is 25.1. The molecular weight excluding hydrogens is 493 g/mol. The second-order valence-corrected chi connectivity index (χ2v) is 8.93.